The number of para-hydroxylation sites is 1. The lowest BCUT2D eigenvalue weighted by molar-refractivity contribution is -0.141. The fraction of sp³-hybridized carbons (Fsp3) is 0.174. The molecule has 0 aliphatic rings. The Bertz CT molecular complexity index is 1410. The van der Waals surface area contributed by atoms with E-state index < -0.39 is 23.5 Å². The van der Waals surface area contributed by atoms with Gasteiger partial charge in [-0.2, -0.15) is 18.3 Å². The summed E-state index contributed by atoms with van der Waals surface area (Å²) in [6.45, 7) is 3.96. The predicted molar refractivity (Wildman–Crippen MR) is 119 cm³/mol. The van der Waals surface area contributed by atoms with Crippen LogP contribution in [0.25, 0.3) is 22.8 Å². The number of nitrogens with zero attached hydrogens (tertiary/aromatic N) is 2. The second-order valence-electron chi connectivity index (χ2n) is 7.74. The lowest BCUT2D eigenvalue weighted by Crippen LogP contribution is -2.09. The molecule has 2 aromatic carbocycles. The number of imidazole rings is 1. The Kier molecular flexibility index (Phi) is 5.67. The molecule has 3 N–H and O–H groups in total. The first-order valence-electron chi connectivity index (χ1n) is 10.1. The third-order valence-corrected chi connectivity index (χ3v) is 5.02. The molecule has 4 rings (SSSR count). The van der Waals surface area contributed by atoms with E-state index in [1.165, 1.54) is 6.08 Å². The predicted octanol–water partition coefficient (Wildman–Crippen LogP) is 4.84. The second kappa shape index (κ2) is 8.45. The summed E-state index contributed by atoms with van der Waals surface area (Å²) < 4.78 is 41.1. The van der Waals surface area contributed by atoms with Crippen LogP contribution in [-0.2, 0) is 11.0 Å². The summed E-state index contributed by atoms with van der Waals surface area (Å²) in [7, 11) is 0. The van der Waals surface area contributed by atoms with Crippen molar-refractivity contribution in [1.29, 1.82) is 0 Å². The van der Waals surface area contributed by atoms with Crippen molar-refractivity contribution < 1.29 is 18.0 Å². The van der Waals surface area contributed by atoms with Gasteiger partial charge in [0.05, 0.1) is 28.1 Å². The monoisotopic (exact) mass is 455 g/mol. The smallest absolute Gasteiger partial charge is 0.321 e. The molecule has 4 aromatic rings. The van der Waals surface area contributed by atoms with Crippen LogP contribution in [0.5, 0.6) is 0 Å². The van der Waals surface area contributed by atoms with Gasteiger partial charge in [0.2, 0.25) is 5.91 Å². The van der Waals surface area contributed by atoms with Gasteiger partial charge in [-0.05, 0) is 47.9 Å². The van der Waals surface area contributed by atoms with Crippen molar-refractivity contribution in [1.82, 2.24) is 19.7 Å². The number of hydrogen-bond donors (Lipinski definition) is 3. The summed E-state index contributed by atoms with van der Waals surface area (Å²) in [5, 5.41) is 6.34. The zero-order valence-electron chi connectivity index (χ0n) is 17.7. The molecule has 0 atom stereocenters. The van der Waals surface area contributed by atoms with Crippen molar-refractivity contribution in [2.24, 2.45) is 0 Å². The number of nitrogens with one attached hydrogen (secondary N) is 3. The van der Waals surface area contributed by atoms with Gasteiger partial charge in [0.25, 0.3) is 0 Å². The molecule has 2 heterocycles. The average Bonchev–Trinajstić information content (AvgIpc) is 3.36. The van der Waals surface area contributed by atoms with E-state index in [2.05, 4.69) is 20.4 Å². The molecule has 0 bridgehead atoms. The molecule has 0 saturated heterocycles. The molecule has 10 heteroatoms. The highest BCUT2D eigenvalue weighted by Crippen LogP contribution is 2.30. The van der Waals surface area contributed by atoms with Crippen molar-refractivity contribution in [3.63, 3.8) is 0 Å². The standard InChI is InChI=1S/C23H20F3N5O2/c1-13(2)14-5-3-6-15(11-14)31-16(12-19(30-31)23(24,25)26)9-10-20(32)27-17-7-4-8-18-21(17)29-22(33)28-18/h3-13H,1-2H3,(H,27,32)(H2,28,29,33)/b10-9+. The Morgan fingerprint density at radius 3 is 2.61 bits per heavy atom. The summed E-state index contributed by atoms with van der Waals surface area (Å²) in [5.74, 6) is -0.406. The van der Waals surface area contributed by atoms with Crippen LogP contribution in [0.4, 0.5) is 18.9 Å². The topological polar surface area (TPSA) is 95.6 Å². The summed E-state index contributed by atoms with van der Waals surface area (Å²) in [6.07, 6.45) is -2.26. The Hall–Kier alpha value is -4.08. The highest BCUT2D eigenvalue weighted by Gasteiger charge is 2.34. The summed E-state index contributed by atoms with van der Waals surface area (Å²) in [6, 6.07) is 12.9. The molecular weight excluding hydrogens is 435 g/mol. The Balaban J connectivity index is 1.66. The number of amides is 1. The molecular formula is C23H20F3N5O2. The summed E-state index contributed by atoms with van der Waals surface area (Å²) in [4.78, 5) is 29.2. The molecule has 170 valence electrons. The summed E-state index contributed by atoms with van der Waals surface area (Å²) in [5.41, 5.74) is 1.28. The van der Waals surface area contributed by atoms with E-state index in [-0.39, 0.29) is 11.6 Å². The third kappa shape index (κ3) is 4.74. The van der Waals surface area contributed by atoms with Gasteiger partial charge in [-0.1, -0.05) is 32.0 Å². The summed E-state index contributed by atoms with van der Waals surface area (Å²) >= 11 is 0. The zero-order chi connectivity index (χ0) is 23.8. The van der Waals surface area contributed by atoms with E-state index in [1.807, 2.05) is 19.9 Å². The number of rotatable bonds is 5. The Morgan fingerprint density at radius 2 is 1.88 bits per heavy atom. The molecule has 0 aliphatic heterocycles. The number of hydrogen-bond acceptors (Lipinski definition) is 3. The minimum Gasteiger partial charge on any atom is -0.321 e. The third-order valence-electron chi connectivity index (χ3n) is 5.02. The zero-order valence-corrected chi connectivity index (χ0v) is 17.7. The van der Waals surface area contributed by atoms with E-state index in [0.29, 0.717) is 22.4 Å². The average molecular weight is 455 g/mol. The fourth-order valence-corrected chi connectivity index (χ4v) is 3.37. The number of aromatic nitrogens is 4. The van der Waals surface area contributed by atoms with E-state index in [9.17, 15) is 22.8 Å². The number of fused-ring (bicyclic) bond motifs is 1. The number of carbonyl (C=O) groups excluding carboxylic acids is 1. The highest BCUT2D eigenvalue weighted by atomic mass is 19.4. The first kappa shape index (κ1) is 22.1. The van der Waals surface area contributed by atoms with Gasteiger partial charge in [-0.15, -0.1) is 0 Å². The largest absolute Gasteiger partial charge is 0.435 e. The second-order valence-corrected chi connectivity index (χ2v) is 7.74. The van der Waals surface area contributed by atoms with E-state index >= 15 is 0 Å². The van der Waals surface area contributed by atoms with Crippen molar-refractivity contribution in [2.75, 3.05) is 5.32 Å². The fourth-order valence-electron chi connectivity index (χ4n) is 3.37. The molecule has 0 unspecified atom stereocenters. The SMILES string of the molecule is CC(C)c1cccc(-n2nc(C(F)(F)F)cc2/C=C/C(=O)Nc2cccc3[nH]c(=O)[nH]c23)c1. The van der Waals surface area contributed by atoms with Crippen LogP contribution < -0.4 is 11.0 Å². The van der Waals surface area contributed by atoms with Crippen LogP contribution in [0.1, 0.15) is 36.7 Å². The lowest BCUT2D eigenvalue weighted by atomic mass is 10.0. The molecule has 0 fully saturated rings. The van der Waals surface area contributed by atoms with Crippen molar-refractivity contribution in [3.05, 3.63) is 82.0 Å². The number of halogens is 3. The first-order valence-corrected chi connectivity index (χ1v) is 10.1. The van der Waals surface area contributed by atoms with Gasteiger partial charge in [0.1, 0.15) is 0 Å². The molecule has 33 heavy (non-hydrogen) atoms. The molecule has 2 aromatic heterocycles. The molecule has 0 aliphatic carbocycles. The number of alkyl halides is 3. The normalized spacial score (nSPS) is 12.2. The van der Waals surface area contributed by atoms with Crippen LogP contribution in [-0.4, -0.2) is 25.7 Å². The maximum Gasteiger partial charge on any atom is 0.435 e. The Morgan fingerprint density at radius 1 is 1.12 bits per heavy atom. The lowest BCUT2D eigenvalue weighted by Gasteiger charge is -2.10. The van der Waals surface area contributed by atoms with Crippen LogP contribution in [0, 0.1) is 0 Å². The van der Waals surface area contributed by atoms with Crippen molar-refractivity contribution >= 4 is 28.7 Å². The highest BCUT2D eigenvalue weighted by molar-refractivity contribution is 6.06. The maximum absolute atomic E-state index is 13.3. The minimum atomic E-state index is -4.64. The van der Waals surface area contributed by atoms with Gasteiger partial charge in [-0.3, -0.25) is 4.79 Å². The van der Waals surface area contributed by atoms with Gasteiger partial charge < -0.3 is 15.3 Å². The van der Waals surface area contributed by atoms with E-state index in [4.69, 9.17) is 0 Å². The van der Waals surface area contributed by atoms with Crippen LogP contribution >= 0.6 is 0 Å². The molecule has 0 saturated carbocycles. The van der Waals surface area contributed by atoms with Gasteiger partial charge in [0, 0.05) is 6.08 Å². The number of benzene rings is 2. The van der Waals surface area contributed by atoms with Crippen LogP contribution in [0.3, 0.4) is 0 Å². The molecule has 7 nitrogen and oxygen atoms in total. The molecule has 0 radical (unpaired) electrons. The van der Waals surface area contributed by atoms with E-state index in [0.717, 1.165) is 22.4 Å². The maximum atomic E-state index is 13.3. The van der Waals surface area contributed by atoms with Crippen molar-refractivity contribution in [2.45, 2.75) is 25.9 Å². The van der Waals surface area contributed by atoms with Gasteiger partial charge >= 0.3 is 11.9 Å². The number of aromatic amines is 2. The Labute approximate surface area is 185 Å². The molecule has 1 amide bonds. The van der Waals surface area contributed by atoms with Crippen molar-refractivity contribution in [3.8, 4) is 5.69 Å². The number of H-pyrrole nitrogens is 2. The van der Waals surface area contributed by atoms with Gasteiger partial charge in [0.15, 0.2) is 5.69 Å². The van der Waals surface area contributed by atoms with Gasteiger partial charge in [-0.25, -0.2) is 9.48 Å². The number of anilines is 1. The number of carbonyl (C=O) groups is 1. The van der Waals surface area contributed by atoms with Crippen LogP contribution in [0.2, 0.25) is 0 Å². The van der Waals surface area contributed by atoms with Crippen LogP contribution in [0.15, 0.2) is 59.4 Å². The molecule has 0 spiro atoms. The quantitative estimate of drug-likeness (QED) is 0.376. The van der Waals surface area contributed by atoms with E-state index in [1.54, 1.807) is 36.4 Å². The minimum absolute atomic E-state index is 0.0895. The first-order chi connectivity index (χ1) is 15.6.